The smallest absolute Gasteiger partial charge is 0.347 e. The van der Waals surface area contributed by atoms with E-state index in [2.05, 4.69) is 31.0 Å². The summed E-state index contributed by atoms with van der Waals surface area (Å²) in [6, 6.07) is 0. The summed E-state index contributed by atoms with van der Waals surface area (Å²) in [5.74, 6) is -0.932. The summed E-state index contributed by atoms with van der Waals surface area (Å²) >= 11 is 2.99. The average Bonchev–Trinajstić information content (AvgIpc) is 2.46. The Morgan fingerprint density at radius 3 is 2.86 bits per heavy atom. The van der Waals surface area contributed by atoms with Crippen LogP contribution in [0.1, 0.15) is 18.8 Å². The predicted molar refractivity (Wildman–Crippen MR) is 49.2 cm³/mol. The third-order valence-electron chi connectivity index (χ3n) is 1.56. The Morgan fingerprint density at radius 2 is 2.43 bits per heavy atom. The zero-order valence-electron chi connectivity index (χ0n) is 7.70. The second kappa shape index (κ2) is 4.50. The first-order valence-electron chi connectivity index (χ1n) is 3.93. The fraction of sp³-hybridized carbons (Fsp3) is 0.571. The van der Waals surface area contributed by atoms with E-state index in [4.69, 9.17) is 0 Å². The maximum absolute atomic E-state index is 13.5. The number of nitrogens with zero attached hydrogens (tertiary/aromatic N) is 3. The van der Waals surface area contributed by atoms with Gasteiger partial charge in [-0.25, -0.2) is 13.9 Å². The normalized spacial score (nSPS) is 12.6. The van der Waals surface area contributed by atoms with Gasteiger partial charge in [-0.2, -0.15) is 0 Å². The number of hydrogen-bond donors (Lipinski definition) is 0. The van der Waals surface area contributed by atoms with E-state index in [9.17, 15) is 9.18 Å². The van der Waals surface area contributed by atoms with Crippen LogP contribution in [0.5, 0.6) is 0 Å². The largest absolute Gasteiger partial charge is 0.464 e. The Morgan fingerprint density at radius 1 is 1.79 bits per heavy atom. The minimum Gasteiger partial charge on any atom is -0.464 e. The summed E-state index contributed by atoms with van der Waals surface area (Å²) in [7, 11) is 1.50. The molecule has 0 bridgehead atoms. The van der Waals surface area contributed by atoms with Crippen molar-refractivity contribution >= 4 is 21.9 Å². The number of halogens is 2. The van der Waals surface area contributed by atoms with Gasteiger partial charge in [-0.15, -0.1) is 5.10 Å². The number of carbonyl (C=O) groups is 1. The Kier molecular flexibility index (Phi) is 3.56. The number of alkyl halides is 1. The molecule has 0 aliphatic heterocycles. The van der Waals surface area contributed by atoms with Crippen molar-refractivity contribution in [3.63, 3.8) is 0 Å². The van der Waals surface area contributed by atoms with Crippen molar-refractivity contribution in [2.45, 2.75) is 13.1 Å². The van der Waals surface area contributed by atoms with E-state index in [-0.39, 0.29) is 16.9 Å². The summed E-state index contributed by atoms with van der Waals surface area (Å²) in [5, 5.41) is 7.11. The summed E-state index contributed by atoms with van der Waals surface area (Å²) in [6.45, 7) is 1.75. The summed E-state index contributed by atoms with van der Waals surface area (Å²) in [6.07, 6.45) is -1.86. The van der Waals surface area contributed by atoms with E-state index >= 15 is 0 Å². The van der Waals surface area contributed by atoms with E-state index in [1.54, 1.807) is 6.92 Å². The summed E-state index contributed by atoms with van der Waals surface area (Å²) < 4.78 is 19.4. The van der Waals surface area contributed by atoms with Gasteiger partial charge in [0.05, 0.1) is 6.61 Å². The molecule has 0 saturated heterocycles. The fourth-order valence-electron chi connectivity index (χ4n) is 0.935. The van der Waals surface area contributed by atoms with Gasteiger partial charge in [-0.05, 0) is 22.9 Å². The number of aromatic nitrogens is 3. The van der Waals surface area contributed by atoms with Crippen LogP contribution in [0.3, 0.4) is 0 Å². The molecule has 0 spiro atoms. The van der Waals surface area contributed by atoms with Gasteiger partial charge in [-0.3, -0.25) is 0 Å². The van der Waals surface area contributed by atoms with Crippen molar-refractivity contribution in [3.8, 4) is 0 Å². The van der Waals surface area contributed by atoms with E-state index in [1.807, 2.05) is 0 Å². The Balaban J connectivity index is 2.88. The van der Waals surface area contributed by atoms with Crippen molar-refractivity contribution in [1.29, 1.82) is 0 Å². The Hall–Kier alpha value is -0.980. The zero-order valence-corrected chi connectivity index (χ0v) is 9.28. The maximum Gasteiger partial charge on any atom is 0.347 e. The molecule has 1 aromatic rings. The second-order valence-electron chi connectivity index (χ2n) is 2.50. The quantitative estimate of drug-likeness (QED) is 0.770. The number of aryl methyl sites for hydroxylation is 1. The molecule has 0 aliphatic carbocycles. The Labute approximate surface area is 88.4 Å². The number of ether oxygens (including phenoxy) is 1. The predicted octanol–water partition coefficient (Wildman–Crippen LogP) is 1.15. The minimum absolute atomic E-state index is 0.0588. The molecule has 0 N–H and O–H groups in total. The molecule has 1 aromatic heterocycles. The SMILES string of the molecule is CCOC(=O)C(F)c1c(Br)nnn1C. The molecule has 0 aliphatic rings. The van der Waals surface area contributed by atoms with Crippen LogP contribution in [-0.4, -0.2) is 27.6 Å². The standard InChI is InChI=1S/C7H9BrFN3O2/c1-3-14-7(13)4(9)5-6(8)10-11-12(5)2/h4H,3H2,1-2H3. The highest BCUT2D eigenvalue weighted by Gasteiger charge is 2.27. The fourth-order valence-corrected chi connectivity index (χ4v) is 1.46. The highest BCUT2D eigenvalue weighted by molar-refractivity contribution is 9.10. The Bertz CT molecular complexity index is 322. The molecule has 1 unspecified atom stereocenters. The summed E-state index contributed by atoms with van der Waals surface area (Å²) in [5.41, 5.74) is 0.0588. The first-order chi connectivity index (χ1) is 6.57. The molecule has 0 amide bonds. The highest BCUT2D eigenvalue weighted by Crippen LogP contribution is 2.24. The molecular formula is C7H9BrFN3O2. The number of hydrogen-bond acceptors (Lipinski definition) is 4. The van der Waals surface area contributed by atoms with Gasteiger partial charge in [-0.1, -0.05) is 5.21 Å². The molecule has 5 nitrogen and oxygen atoms in total. The van der Waals surface area contributed by atoms with Crippen molar-refractivity contribution in [3.05, 3.63) is 10.3 Å². The van der Waals surface area contributed by atoms with Crippen molar-refractivity contribution in [1.82, 2.24) is 15.0 Å². The van der Waals surface area contributed by atoms with Crippen LogP contribution >= 0.6 is 15.9 Å². The lowest BCUT2D eigenvalue weighted by Gasteiger charge is -2.07. The molecular weight excluding hydrogens is 257 g/mol. The average molecular weight is 266 g/mol. The summed E-state index contributed by atoms with van der Waals surface area (Å²) in [4.78, 5) is 11.1. The van der Waals surface area contributed by atoms with Gasteiger partial charge in [0.1, 0.15) is 5.69 Å². The number of rotatable bonds is 3. The van der Waals surface area contributed by atoms with Crippen LogP contribution < -0.4 is 0 Å². The molecule has 0 fully saturated rings. The molecule has 7 heteroatoms. The number of esters is 1. The maximum atomic E-state index is 13.5. The van der Waals surface area contributed by atoms with Gasteiger partial charge in [0.15, 0.2) is 4.60 Å². The first-order valence-corrected chi connectivity index (χ1v) is 4.73. The van der Waals surface area contributed by atoms with Crippen molar-refractivity contribution in [2.24, 2.45) is 7.05 Å². The van der Waals surface area contributed by atoms with E-state index in [1.165, 1.54) is 11.7 Å². The molecule has 78 valence electrons. The van der Waals surface area contributed by atoms with Gasteiger partial charge in [0.25, 0.3) is 0 Å². The van der Waals surface area contributed by atoms with Crippen LogP contribution in [0.4, 0.5) is 4.39 Å². The molecule has 0 saturated carbocycles. The van der Waals surface area contributed by atoms with Crippen LogP contribution in [-0.2, 0) is 16.6 Å². The van der Waals surface area contributed by atoms with Gasteiger partial charge in [0.2, 0.25) is 6.17 Å². The zero-order chi connectivity index (χ0) is 10.7. The van der Waals surface area contributed by atoms with E-state index < -0.39 is 12.1 Å². The van der Waals surface area contributed by atoms with Crippen LogP contribution in [0.2, 0.25) is 0 Å². The van der Waals surface area contributed by atoms with Crippen molar-refractivity contribution in [2.75, 3.05) is 6.61 Å². The lowest BCUT2D eigenvalue weighted by Crippen LogP contribution is -2.15. The first kappa shape index (κ1) is 11.1. The lowest BCUT2D eigenvalue weighted by molar-refractivity contribution is -0.149. The molecule has 1 atom stereocenters. The van der Waals surface area contributed by atoms with Gasteiger partial charge in [0, 0.05) is 7.05 Å². The molecule has 0 aromatic carbocycles. The van der Waals surface area contributed by atoms with E-state index in [0.717, 1.165) is 0 Å². The third kappa shape index (κ3) is 2.09. The monoisotopic (exact) mass is 265 g/mol. The van der Waals surface area contributed by atoms with Crippen LogP contribution in [0, 0.1) is 0 Å². The van der Waals surface area contributed by atoms with Crippen molar-refractivity contribution < 1.29 is 13.9 Å². The van der Waals surface area contributed by atoms with Crippen LogP contribution in [0.15, 0.2) is 4.60 Å². The van der Waals surface area contributed by atoms with E-state index in [0.29, 0.717) is 0 Å². The molecule has 1 rings (SSSR count). The molecule has 14 heavy (non-hydrogen) atoms. The van der Waals surface area contributed by atoms with Gasteiger partial charge >= 0.3 is 5.97 Å². The van der Waals surface area contributed by atoms with Crippen LogP contribution in [0.25, 0.3) is 0 Å². The minimum atomic E-state index is -1.86. The topological polar surface area (TPSA) is 57.0 Å². The number of carbonyl (C=O) groups excluding carboxylic acids is 1. The molecule has 0 radical (unpaired) electrons. The van der Waals surface area contributed by atoms with Gasteiger partial charge < -0.3 is 4.74 Å². The lowest BCUT2D eigenvalue weighted by atomic mass is 10.3. The third-order valence-corrected chi connectivity index (χ3v) is 2.13. The second-order valence-corrected chi connectivity index (χ2v) is 3.25. The molecule has 1 heterocycles. The highest BCUT2D eigenvalue weighted by atomic mass is 79.9.